The Labute approximate surface area is 171 Å². The van der Waals surface area contributed by atoms with Gasteiger partial charge in [0.1, 0.15) is 0 Å². The summed E-state index contributed by atoms with van der Waals surface area (Å²) >= 11 is 6.25. The zero-order chi connectivity index (χ0) is 20.7. The lowest BCUT2D eigenvalue weighted by molar-refractivity contribution is -0.145. The lowest BCUT2D eigenvalue weighted by atomic mass is 10.2. The third kappa shape index (κ3) is 5.32. The van der Waals surface area contributed by atoms with Crippen LogP contribution < -0.4 is 0 Å². The molecule has 0 heterocycles. The standard InChI is InChI=1S/C20H24ClNO5S/c1-4-27-19(18(21)20(23)26-3)22(14-16-8-6-5-7-9-16)28(24,25)17-12-10-15(2)11-13-17/h5-13,18-19H,4,14H2,1-3H3/t18-,19+/m0/s1. The first-order valence-corrected chi connectivity index (χ1v) is 10.6. The van der Waals surface area contributed by atoms with Gasteiger partial charge in [-0.3, -0.25) is 4.79 Å². The van der Waals surface area contributed by atoms with Crippen molar-refractivity contribution in [3.63, 3.8) is 0 Å². The van der Waals surface area contributed by atoms with Crippen molar-refractivity contribution in [1.29, 1.82) is 0 Å². The highest BCUT2D eigenvalue weighted by molar-refractivity contribution is 7.89. The highest BCUT2D eigenvalue weighted by atomic mass is 35.5. The topological polar surface area (TPSA) is 72.9 Å². The second-order valence-electron chi connectivity index (χ2n) is 6.12. The Hall–Kier alpha value is -1.93. The number of aryl methyl sites for hydroxylation is 1. The minimum atomic E-state index is -4.01. The van der Waals surface area contributed by atoms with Gasteiger partial charge in [-0.05, 0) is 31.5 Å². The summed E-state index contributed by atoms with van der Waals surface area (Å²) in [6, 6.07) is 15.5. The molecule has 0 N–H and O–H groups in total. The monoisotopic (exact) mass is 425 g/mol. The lowest BCUT2D eigenvalue weighted by Crippen LogP contribution is -2.49. The Morgan fingerprint density at radius 1 is 1.11 bits per heavy atom. The van der Waals surface area contributed by atoms with Crippen molar-refractivity contribution < 1.29 is 22.7 Å². The van der Waals surface area contributed by atoms with Gasteiger partial charge in [-0.25, -0.2) is 8.42 Å². The first-order chi connectivity index (χ1) is 13.3. The number of rotatable bonds is 9. The summed E-state index contributed by atoms with van der Waals surface area (Å²) in [4.78, 5) is 12.1. The van der Waals surface area contributed by atoms with Crippen molar-refractivity contribution >= 4 is 27.6 Å². The fourth-order valence-corrected chi connectivity index (χ4v) is 4.52. The molecule has 0 fully saturated rings. The van der Waals surface area contributed by atoms with Crippen molar-refractivity contribution in [2.75, 3.05) is 13.7 Å². The molecule has 0 aromatic heterocycles. The zero-order valence-corrected chi connectivity index (χ0v) is 17.6. The van der Waals surface area contributed by atoms with Crippen LogP contribution in [0.3, 0.4) is 0 Å². The fourth-order valence-electron chi connectivity index (χ4n) is 2.63. The molecule has 0 amide bonds. The van der Waals surface area contributed by atoms with Crippen LogP contribution in [-0.2, 0) is 30.8 Å². The maximum absolute atomic E-state index is 13.4. The third-order valence-electron chi connectivity index (χ3n) is 4.11. The molecule has 152 valence electrons. The summed E-state index contributed by atoms with van der Waals surface area (Å²) in [5, 5.41) is -1.33. The fraction of sp³-hybridized carbons (Fsp3) is 0.350. The highest BCUT2D eigenvalue weighted by Gasteiger charge is 2.40. The Kier molecular flexibility index (Phi) is 8.00. The number of sulfonamides is 1. The maximum Gasteiger partial charge on any atom is 0.327 e. The molecular weight excluding hydrogens is 402 g/mol. The van der Waals surface area contributed by atoms with Gasteiger partial charge in [0.05, 0.1) is 12.0 Å². The van der Waals surface area contributed by atoms with Gasteiger partial charge in [0.25, 0.3) is 0 Å². The predicted molar refractivity (Wildman–Crippen MR) is 107 cm³/mol. The molecular formula is C20H24ClNO5S. The van der Waals surface area contributed by atoms with Crippen LogP contribution in [0.25, 0.3) is 0 Å². The minimum absolute atomic E-state index is 0.0120. The van der Waals surface area contributed by atoms with Crippen molar-refractivity contribution in [3.8, 4) is 0 Å². The van der Waals surface area contributed by atoms with E-state index in [0.717, 1.165) is 15.4 Å². The number of hydrogen-bond acceptors (Lipinski definition) is 5. The van der Waals surface area contributed by atoms with E-state index in [0.29, 0.717) is 0 Å². The Bertz CT molecular complexity index is 871. The summed E-state index contributed by atoms with van der Waals surface area (Å²) in [6.07, 6.45) is -1.23. The molecule has 0 aliphatic rings. The maximum atomic E-state index is 13.4. The molecule has 0 unspecified atom stereocenters. The number of carbonyl (C=O) groups excluding carboxylic acids is 1. The highest BCUT2D eigenvalue weighted by Crippen LogP contribution is 2.26. The third-order valence-corrected chi connectivity index (χ3v) is 6.32. The van der Waals surface area contributed by atoms with Crippen LogP contribution in [-0.4, -0.2) is 44.0 Å². The summed E-state index contributed by atoms with van der Waals surface area (Å²) in [5.41, 5.74) is 1.66. The number of nitrogens with zero attached hydrogens (tertiary/aromatic N) is 1. The number of ether oxygens (including phenoxy) is 2. The molecule has 2 rings (SSSR count). The van der Waals surface area contributed by atoms with E-state index in [4.69, 9.17) is 21.1 Å². The second kappa shape index (κ2) is 10.0. The minimum Gasteiger partial charge on any atom is -0.468 e. The SMILES string of the molecule is CCO[C@H]([C@H](Cl)C(=O)OC)N(Cc1ccccc1)S(=O)(=O)c1ccc(C)cc1. The van der Waals surface area contributed by atoms with E-state index in [1.807, 2.05) is 13.0 Å². The van der Waals surface area contributed by atoms with Crippen LogP contribution in [0.4, 0.5) is 0 Å². The Morgan fingerprint density at radius 3 is 2.25 bits per heavy atom. The van der Waals surface area contributed by atoms with E-state index in [1.54, 1.807) is 43.3 Å². The van der Waals surface area contributed by atoms with Crippen LogP contribution >= 0.6 is 11.6 Å². The van der Waals surface area contributed by atoms with Gasteiger partial charge < -0.3 is 9.47 Å². The van der Waals surface area contributed by atoms with Crippen LogP contribution in [0.1, 0.15) is 18.1 Å². The number of alkyl halides is 1. The van der Waals surface area contributed by atoms with Crippen LogP contribution in [0.5, 0.6) is 0 Å². The average molecular weight is 426 g/mol. The van der Waals surface area contributed by atoms with Crippen LogP contribution in [0, 0.1) is 6.92 Å². The molecule has 2 atom stereocenters. The number of hydrogen-bond donors (Lipinski definition) is 0. The summed E-state index contributed by atoms with van der Waals surface area (Å²) in [7, 11) is -2.82. The van der Waals surface area contributed by atoms with Gasteiger partial charge in [0.2, 0.25) is 10.0 Å². The first-order valence-electron chi connectivity index (χ1n) is 8.77. The van der Waals surface area contributed by atoms with Crippen molar-refractivity contribution in [2.24, 2.45) is 0 Å². The number of halogens is 1. The van der Waals surface area contributed by atoms with E-state index in [1.165, 1.54) is 19.2 Å². The largest absolute Gasteiger partial charge is 0.468 e. The van der Waals surface area contributed by atoms with Gasteiger partial charge in [0.15, 0.2) is 11.6 Å². The van der Waals surface area contributed by atoms with Crippen LogP contribution in [0.2, 0.25) is 0 Å². The van der Waals surface area contributed by atoms with Gasteiger partial charge in [-0.15, -0.1) is 11.6 Å². The normalized spacial score (nSPS) is 13.9. The smallest absolute Gasteiger partial charge is 0.327 e. The molecule has 0 radical (unpaired) electrons. The zero-order valence-electron chi connectivity index (χ0n) is 16.0. The summed E-state index contributed by atoms with van der Waals surface area (Å²) < 4.78 is 38.2. The van der Waals surface area contributed by atoms with Gasteiger partial charge in [0, 0.05) is 13.2 Å². The molecule has 6 nitrogen and oxygen atoms in total. The Balaban J connectivity index is 2.53. The first kappa shape index (κ1) is 22.4. The van der Waals surface area contributed by atoms with E-state index in [-0.39, 0.29) is 18.0 Å². The average Bonchev–Trinajstić information content (AvgIpc) is 2.70. The van der Waals surface area contributed by atoms with Crippen molar-refractivity contribution in [1.82, 2.24) is 4.31 Å². The van der Waals surface area contributed by atoms with Gasteiger partial charge in [-0.1, -0.05) is 48.0 Å². The van der Waals surface area contributed by atoms with Crippen LogP contribution in [0.15, 0.2) is 59.5 Å². The lowest BCUT2D eigenvalue weighted by Gasteiger charge is -2.32. The number of methoxy groups -OCH3 is 1. The van der Waals surface area contributed by atoms with E-state index < -0.39 is 27.6 Å². The molecule has 0 spiro atoms. The molecule has 2 aromatic rings. The molecule has 8 heteroatoms. The quantitative estimate of drug-likeness (QED) is 0.350. The number of esters is 1. The van der Waals surface area contributed by atoms with E-state index in [9.17, 15) is 13.2 Å². The number of carbonyl (C=O) groups is 1. The Morgan fingerprint density at radius 2 is 1.71 bits per heavy atom. The molecule has 0 aliphatic carbocycles. The second-order valence-corrected chi connectivity index (χ2v) is 8.48. The molecule has 28 heavy (non-hydrogen) atoms. The predicted octanol–water partition coefficient (Wildman–Crippen LogP) is 3.33. The molecule has 0 saturated heterocycles. The van der Waals surface area contributed by atoms with E-state index >= 15 is 0 Å². The van der Waals surface area contributed by atoms with Crippen molar-refractivity contribution in [2.45, 2.75) is 36.9 Å². The molecule has 2 aromatic carbocycles. The molecule has 0 aliphatic heterocycles. The molecule has 0 bridgehead atoms. The summed E-state index contributed by atoms with van der Waals surface area (Å²) in [6.45, 7) is 3.72. The molecule has 0 saturated carbocycles. The summed E-state index contributed by atoms with van der Waals surface area (Å²) in [5.74, 6) is -0.766. The van der Waals surface area contributed by atoms with Gasteiger partial charge >= 0.3 is 5.97 Å². The van der Waals surface area contributed by atoms with Gasteiger partial charge in [-0.2, -0.15) is 4.31 Å². The number of benzene rings is 2. The van der Waals surface area contributed by atoms with Crippen molar-refractivity contribution in [3.05, 3.63) is 65.7 Å². The van der Waals surface area contributed by atoms with E-state index in [2.05, 4.69) is 0 Å².